The number of H-pyrrole nitrogens is 1. The molecule has 1 aliphatic rings. The average Bonchev–Trinajstić information content (AvgIpc) is 2.94. The number of aromatic nitrogens is 3. The number of aromatic amines is 1. The summed E-state index contributed by atoms with van der Waals surface area (Å²) in [6.45, 7) is 2.91. The Labute approximate surface area is 127 Å². The van der Waals surface area contributed by atoms with Crippen LogP contribution in [0.5, 0.6) is 0 Å². The van der Waals surface area contributed by atoms with Crippen molar-refractivity contribution in [2.24, 2.45) is 5.73 Å². The molecular weight excluding hydrogens is 293 g/mol. The molecule has 1 saturated heterocycles. The molecule has 5 nitrogen and oxygen atoms in total. The van der Waals surface area contributed by atoms with Gasteiger partial charge in [0.25, 0.3) is 0 Å². The van der Waals surface area contributed by atoms with E-state index < -0.39 is 5.82 Å². The second-order valence-electron chi connectivity index (χ2n) is 5.33. The SMILES string of the molecule is CC1C(N)CCCN1c1n[nH]c(-c2cccc(Cl)c2F)n1. The number of hydrogen-bond acceptors (Lipinski definition) is 4. The molecule has 1 aromatic carbocycles. The number of rotatable bonds is 2. The quantitative estimate of drug-likeness (QED) is 0.894. The fraction of sp³-hybridized carbons (Fsp3) is 0.429. The predicted molar refractivity (Wildman–Crippen MR) is 80.8 cm³/mol. The number of piperidine rings is 1. The lowest BCUT2D eigenvalue weighted by Crippen LogP contribution is -2.50. The van der Waals surface area contributed by atoms with Gasteiger partial charge in [-0.15, -0.1) is 5.10 Å². The summed E-state index contributed by atoms with van der Waals surface area (Å²) in [6.07, 6.45) is 2.00. The topological polar surface area (TPSA) is 70.8 Å². The van der Waals surface area contributed by atoms with Gasteiger partial charge in [-0.2, -0.15) is 4.98 Å². The van der Waals surface area contributed by atoms with Crippen molar-refractivity contribution in [3.8, 4) is 11.4 Å². The highest BCUT2D eigenvalue weighted by molar-refractivity contribution is 6.31. The van der Waals surface area contributed by atoms with Gasteiger partial charge in [-0.25, -0.2) is 4.39 Å². The number of benzene rings is 1. The fourth-order valence-electron chi connectivity index (χ4n) is 2.64. The molecule has 0 spiro atoms. The minimum atomic E-state index is -0.495. The van der Waals surface area contributed by atoms with Crippen LogP contribution in [-0.2, 0) is 0 Å². The first-order chi connectivity index (χ1) is 10.1. The Morgan fingerprint density at radius 2 is 2.29 bits per heavy atom. The van der Waals surface area contributed by atoms with Gasteiger partial charge in [0.1, 0.15) is 0 Å². The highest BCUT2D eigenvalue weighted by Gasteiger charge is 2.28. The minimum Gasteiger partial charge on any atom is -0.335 e. The molecule has 0 radical (unpaired) electrons. The first kappa shape index (κ1) is 14.3. The highest BCUT2D eigenvalue weighted by Crippen LogP contribution is 2.27. The van der Waals surface area contributed by atoms with Crippen molar-refractivity contribution in [1.29, 1.82) is 0 Å². The van der Waals surface area contributed by atoms with Crippen LogP contribution in [0.15, 0.2) is 18.2 Å². The zero-order valence-electron chi connectivity index (χ0n) is 11.7. The van der Waals surface area contributed by atoms with E-state index >= 15 is 0 Å². The molecule has 112 valence electrons. The van der Waals surface area contributed by atoms with Crippen LogP contribution in [0.2, 0.25) is 5.02 Å². The standard InChI is InChI=1S/C14H17ClFN5/c1-8-11(17)6-3-7-21(8)14-18-13(19-20-14)9-4-2-5-10(15)12(9)16/h2,4-5,8,11H,3,6-7,17H2,1H3,(H,18,19,20). The third-order valence-electron chi connectivity index (χ3n) is 3.98. The third-order valence-corrected chi connectivity index (χ3v) is 4.28. The molecule has 2 atom stereocenters. The van der Waals surface area contributed by atoms with Gasteiger partial charge in [-0.3, -0.25) is 5.10 Å². The normalized spacial score (nSPS) is 22.6. The van der Waals surface area contributed by atoms with Crippen molar-refractivity contribution >= 4 is 17.5 Å². The molecule has 1 aliphatic heterocycles. The molecule has 1 fully saturated rings. The van der Waals surface area contributed by atoms with E-state index in [1.165, 1.54) is 6.07 Å². The summed E-state index contributed by atoms with van der Waals surface area (Å²) in [5.41, 5.74) is 6.40. The Bertz CT molecular complexity index is 644. The molecule has 3 rings (SSSR count). The second kappa shape index (κ2) is 5.61. The lowest BCUT2D eigenvalue weighted by atomic mass is 9.99. The molecule has 1 aromatic heterocycles. The number of nitrogens with two attached hydrogens (primary N) is 1. The lowest BCUT2D eigenvalue weighted by molar-refractivity contribution is 0.416. The summed E-state index contributed by atoms with van der Waals surface area (Å²) < 4.78 is 14.0. The molecule has 2 heterocycles. The molecule has 7 heteroatoms. The zero-order valence-corrected chi connectivity index (χ0v) is 12.4. The van der Waals surface area contributed by atoms with Crippen LogP contribution in [0.1, 0.15) is 19.8 Å². The number of halogens is 2. The molecule has 2 unspecified atom stereocenters. The Hall–Kier alpha value is -1.66. The van der Waals surface area contributed by atoms with Crippen molar-refractivity contribution in [3.05, 3.63) is 29.0 Å². The molecule has 0 bridgehead atoms. The summed E-state index contributed by atoms with van der Waals surface area (Å²) in [7, 11) is 0. The van der Waals surface area contributed by atoms with Gasteiger partial charge in [0, 0.05) is 18.6 Å². The highest BCUT2D eigenvalue weighted by atomic mass is 35.5. The maximum atomic E-state index is 14.0. The number of nitrogens with zero attached hydrogens (tertiary/aromatic N) is 3. The van der Waals surface area contributed by atoms with Gasteiger partial charge in [0.05, 0.1) is 10.6 Å². The van der Waals surface area contributed by atoms with E-state index in [-0.39, 0.29) is 17.1 Å². The van der Waals surface area contributed by atoms with Gasteiger partial charge in [-0.1, -0.05) is 17.7 Å². The molecule has 0 saturated carbocycles. The van der Waals surface area contributed by atoms with E-state index in [4.69, 9.17) is 17.3 Å². The summed E-state index contributed by atoms with van der Waals surface area (Å²) in [4.78, 5) is 6.45. The van der Waals surface area contributed by atoms with Gasteiger partial charge in [-0.05, 0) is 31.9 Å². The molecule has 3 N–H and O–H groups in total. The fourth-order valence-corrected chi connectivity index (χ4v) is 2.82. The monoisotopic (exact) mass is 309 g/mol. The Morgan fingerprint density at radius 3 is 3.10 bits per heavy atom. The number of nitrogens with one attached hydrogen (secondary N) is 1. The third kappa shape index (κ3) is 2.61. The summed E-state index contributed by atoms with van der Waals surface area (Å²) in [5.74, 6) is 0.425. The molecule has 21 heavy (non-hydrogen) atoms. The van der Waals surface area contributed by atoms with Crippen molar-refractivity contribution in [2.45, 2.75) is 31.8 Å². The molecule has 2 aromatic rings. The summed E-state index contributed by atoms with van der Waals surface area (Å²) in [6, 6.07) is 5.07. The average molecular weight is 310 g/mol. The number of anilines is 1. The zero-order chi connectivity index (χ0) is 15.0. The first-order valence-electron chi connectivity index (χ1n) is 6.97. The van der Waals surface area contributed by atoms with Gasteiger partial charge >= 0.3 is 0 Å². The van der Waals surface area contributed by atoms with E-state index in [9.17, 15) is 4.39 Å². The van der Waals surface area contributed by atoms with Crippen LogP contribution < -0.4 is 10.6 Å². The van der Waals surface area contributed by atoms with Crippen LogP contribution >= 0.6 is 11.6 Å². The van der Waals surface area contributed by atoms with Crippen LogP contribution in [0.4, 0.5) is 10.3 Å². The summed E-state index contributed by atoms with van der Waals surface area (Å²) in [5, 5.41) is 7.05. The van der Waals surface area contributed by atoms with Crippen molar-refractivity contribution in [2.75, 3.05) is 11.4 Å². The van der Waals surface area contributed by atoms with Gasteiger partial charge in [0.2, 0.25) is 5.95 Å². The maximum absolute atomic E-state index is 14.0. The van der Waals surface area contributed by atoms with E-state index in [1.54, 1.807) is 12.1 Å². The van der Waals surface area contributed by atoms with Crippen LogP contribution in [0.25, 0.3) is 11.4 Å². The maximum Gasteiger partial charge on any atom is 0.245 e. The molecule has 0 amide bonds. The van der Waals surface area contributed by atoms with Crippen LogP contribution in [0, 0.1) is 5.82 Å². The molecule has 0 aliphatic carbocycles. The largest absolute Gasteiger partial charge is 0.335 e. The van der Waals surface area contributed by atoms with Crippen molar-refractivity contribution in [1.82, 2.24) is 15.2 Å². The van der Waals surface area contributed by atoms with E-state index in [1.807, 2.05) is 0 Å². The first-order valence-corrected chi connectivity index (χ1v) is 7.34. The summed E-state index contributed by atoms with van der Waals surface area (Å²) >= 11 is 5.80. The predicted octanol–water partition coefficient (Wildman–Crippen LogP) is 2.58. The van der Waals surface area contributed by atoms with Crippen LogP contribution in [0.3, 0.4) is 0 Å². The van der Waals surface area contributed by atoms with Gasteiger partial charge in [0.15, 0.2) is 11.6 Å². The van der Waals surface area contributed by atoms with Gasteiger partial charge < -0.3 is 10.6 Å². The van der Waals surface area contributed by atoms with E-state index in [2.05, 4.69) is 27.0 Å². The molecular formula is C14H17ClFN5. The Kier molecular flexibility index (Phi) is 3.82. The van der Waals surface area contributed by atoms with Crippen LogP contribution in [-0.4, -0.2) is 33.8 Å². The second-order valence-corrected chi connectivity index (χ2v) is 5.73. The Morgan fingerprint density at radius 1 is 1.48 bits per heavy atom. The van der Waals surface area contributed by atoms with Crippen molar-refractivity contribution in [3.63, 3.8) is 0 Å². The minimum absolute atomic E-state index is 0.0683. The lowest BCUT2D eigenvalue weighted by Gasteiger charge is -2.36. The smallest absolute Gasteiger partial charge is 0.245 e. The Balaban J connectivity index is 1.91. The van der Waals surface area contributed by atoms with E-state index in [0.717, 1.165) is 19.4 Å². The van der Waals surface area contributed by atoms with Crippen molar-refractivity contribution < 1.29 is 4.39 Å². The number of hydrogen-bond donors (Lipinski definition) is 2. The van der Waals surface area contributed by atoms with E-state index in [0.29, 0.717) is 17.3 Å².